The lowest BCUT2D eigenvalue weighted by Gasteiger charge is -2.12. The van der Waals surface area contributed by atoms with E-state index in [0.717, 1.165) is 11.8 Å². The Morgan fingerprint density at radius 2 is 1.87 bits per heavy atom. The average Bonchev–Trinajstić information content (AvgIpc) is 3.21. The van der Waals surface area contributed by atoms with Crippen LogP contribution in [-0.4, -0.2) is 21.2 Å². The van der Waals surface area contributed by atoms with Crippen LogP contribution in [0.5, 0.6) is 0 Å². The van der Waals surface area contributed by atoms with E-state index in [2.05, 4.69) is 10.3 Å². The number of nitrogens with zero attached hydrogens (tertiary/aromatic N) is 2. The number of halogens is 2. The summed E-state index contributed by atoms with van der Waals surface area (Å²) in [6.45, 7) is 0.00820. The van der Waals surface area contributed by atoms with E-state index in [1.807, 2.05) is 0 Å². The molecule has 4 aromatic rings. The van der Waals surface area contributed by atoms with E-state index in [1.165, 1.54) is 46.2 Å². The highest BCUT2D eigenvalue weighted by Gasteiger charge is 2.16. The Balaban J connectivity index is 1.59. The number of carbonyl (C=O) groups is 1. The number of benzene rings is 2. The Kier molecular flexibility index (Phi) is 5.91. The molecular weight excluding hydrogens is 428 g/mol. The fourth-order valence-electron chi connectivity index (χ4n) is 2.83. The first-order valence-electron chi connectivity index (χ1n) is 8.91. The van der Waals surface area contributed by atoms with Crippen molar-refractivity contribution in [3.8, 4) is 0 Å². The van der Waals surface area contributed by atoms with Crippen molar-refractivity contribution in [2.24, 2.45) is 0 Å². The fraction of sp³-hybridized carbons (Fsp3) is 0.0952. The molecule has 2 aromatic heterocycles. The number of fused-ring (bicyclic) bond motifs is 1. The van der Waals surface area contributed by atoms with E-state index >= 15 is 0 Å². The van der Waals surface area contributed by atoms with Crippen LogP contribution in [0.2, 0.25) is 0 Å². The second-order valence-corrected chi connectivity index (χ2v) is 8.21. The summed E-state index contributed by atoms with van der Waals surface area (Å²) in [5.74, 6) is -1.16. The molecule has 1 N–H and O–H groups in total. The molecule has 2 heterocycles. The van der Waals surface area contributed by atoms with E-state index in [4.69, 9.17) is 0 Å². The zero-order valence-corrected chi connectivity index (χ0v) is 17.1. The van der Waals surface area contributed by atoms with Crippen LogP contribution in [0.1, 0.15) is 5.56 Å². The maximum absolute atomic E-state index is 14.1. The predicted octanol–water partition coefficient (Wildman–Crippen LogP) is 4.52. The molecular formula is C21H15F2N3O2S2. The van der Waals surface area contributed by atoms with Gasteiger partial charge in [0.1, 0.15) is 16.3 Å². The van der Waals surface area contributed by atoms with Crippen molar-refractivity contribution >= 4 is 44.9 Å². The monoisotopic (exact) mass is 443 g/mol. The Hall–Kier alpha value is -3.04. The number of rotatable bonds is 6. The molecule has 0 unspecified atom stereocenters. The summed E-state index contributed by atoms with van der Waals surface area (Å²) in [5.41, 5.74) is 1.08. The standard InChI is InChI=1S/C21H15F2N3O2S2/c22-14-5-7-15(8-6-14)24-18(27)12-30-21-25-17-9-10-29-19(17)20(28)26(21)11-13-3-1-2-4-16(13)23/h1-10H,11-12H2,(H,24,27). The summed E-state index contributed by atoms with van der Waals surface area (Å²) in [4.78, 5) is 29.7. The summed E-state index contributed by atoms with van der Waals surface area (Å²) < 4.78 is 29.0. The molecule has 4 rings (SSSR count). The van der Waals surface area contributed by atoms with Crippen LogP contribution in [0, 0.1) is 11.6 Å². The third-order valence-electron chi connectivity index (χ3n) is 4.28. The van der Waals surface area contributed by atoms with Gasteiger partial charge in [-0.25, -0.2) is 13.8 Å². The molecule has 0 atom stereocenters. The van der Waals surface area contributed by atoms with Gasteiger partial charge in [0, 0.05) is 11.3 Å². The van der Waals surface area contributed by atoms with Crippen LogP contribution in [0.15, 0.2) is 69.9 Å². The lowest BCUT2D eigenvalue weighted by atomic mass is 10.2. The highest BCUT2D eigenvalue weighted by molar-refractivity contribution is 7.99. The van der Waals surface area contributed by atoms with Gasteiger partial charge in [0.15, 0.2) is 5.16 Å². The number of aromatic nitrogens is 2. The Morgan fingerprint density at radius 3 is 2.63 bits per heavy atom. The van der Waals surface area contributed by atoms with Crippen LogP contribution in [-0.2, 0) is 11.3 Å². The van der Waals surface area contributed by atoms with E-state index in [-0.39, 0.29) is 23.8 Å². The van der Waals surface area contributed by atoms with Crippen LogP contribution in [0.4, 0.5) is 14.5 Å². The lowest BCUT2D eigenvalue weighted by Crippen LogP contribution is -2.24. The van der Waals surface area contributed by atoms with Gasteiger partial charge in [-0.05, 0) is 41.8 Å². The number of anilines is 1. The van der Waals surface area contributed by atoms with Crippen molar-refractivity contribution in [2.45, 2.75) is 11.7 Å². The highest BCUT2D eigenvalue weighted by atomic mass is 32.2. The molecule has 0 bridgehead atoms. The van der Waals surface area contributed by atoms with E-state index in [0.29, 0.717) is 26.6 Å². The summed E-state index contributed by atoms with van der Waals surface area (Å²) in [6.07, 6.45) is 0. The topological polar surface area (TPSA) is 64.0 Å². The van der Waals surface area contributed by atoms with Crippen molar-refractivity contribution in [1.82, 2.24) is 9.55 Å². The number of hydrogen-bond acceptors (Lipinski definition) is 5. The van der Waals surface area contributed by atoms with Gasteiger partial charge < -0.3 is 5.32 Å². The van der Waals surface area contributed by atoms with Gasteiger partial charge in [-0.2, -0.15) is 0 Å². The van der Waals surface area contributed by atoms with Crippen molar-refractivity contribution in [1.29, 1.82) is 0 Å². The Morgan fingerprint density at radius 1 is 1.10 bits per heavy atom. The maximum atomic E-state index is 14.1. The third kappa shape index (κ3) is 4.42. The average molecular weight is 444 g/mol. The summed E-state index contributed by atoms with van der Waals surface area (Å²) >= 11 is 2.35. The molecule has 0 aliphatic heterocycles. The zero-order chi connectivity index (χ0) is 21.1. The number of hydrogen-bond donors (Lipinski definition) is 1. The lowest BCUT2D eigenvalue weighted by molar-refractivity contribution is -0.113. The molecule has 0 aliphatic rings. The van der Waals surface area contributed by atoms with Gasteiger partial charge in [-0.15, -0.1) is 11.3 Å². The van der Waals surface area contributed by atoms with Gasteiger partial charge in [0.25, 0.3) is 5.56 Å². The molecule has 1 amide bonds. The molecule has 5 nitrogen and oxygen atoms in total. The highest BCUT2D eigenvalue weighted by Crippen LogP contribution is 2.22. The summed E-state index contributed by atoms with van der Waals surface area (Å²) in [6, 6.07) is 13.4. The predicted molar refractivity (Wildman–Crippen MR) is 115 cm³/mol. The van der Waals surface area contributed by atoms with E-state index in [1.54, 1.807) is 29.6 Å². The molecule has 0 radical (unpaired) electrons. The van der Waals surface area contributed by atoms with E-state index < -0.39 is 11.6 Å². The van der Waals surface area contributed by atoms with Crippen molar-refractivity contribution < 1.29 is 13.6 Å². The zero-order valence-electron chi connectivity index (χ0n) is 15.5. The first kappa shape index (κ1) is 20.2. The number of nitrogens with one attached hydrogen (secondary N) is 1. The molecule has 0 saturated heterocycles. The number of thioether (sulfide) groups is 1. The minimum Gasteiger partial charge on any atom is -0.325 e. The largest absolute Gasteiger partial charge is 0.325 e. The molecule has 9 heteroatoms. The van der Waals surface area contributed by atoms with Crippen molar-refractivity contribution in [3.05, 3.63) is 87.5 Å². The quantitative estimate of drug-likeness (QED) is 0.352. The molecule has 30 heavy (non-hydrogen) atoms. The van der Waals surface area contributed by atoms with Crippen molar-refractivity contribution in [2.75, 3.05) is 11.1 Å². The number of carbonyl (C=O) groups excluding carboxylic acids is 1. The second kappa shape index (κ2) is 8.76. The maximum Gasteiger partial charge on any atom is 0.272 e. The SMILES string of the molecule is O=C(CSc1nc2ccsc2c(=O)n1Cc1ccccc1F)Nc1ccc(F)cc1. The van der Waals surface area contributed by atoms with Gasteiger partial charge in [0.2, 0.25) is 5.91 Å². The molecule has 0 spiro atoms. The van der Waals surface area contributed by atoms with E-state index in [9.17, 15) is 18.4 Å². The molecule has 0 saturated carbocycles. The van der Waals surface area contributed by atoms with Crippen LogP contribution in [0.25, 0.3) is 10.2 Å². The van der Waals surface area contributed by atoms with Crippen molar-refractivity contribution in [3.63, 3.8) is 0 Å². The third-order valence-corrected chi connectivity index (χ3v) is 6.15. The molecule has 0 fully saturated rings. The summed E-state index contributed by atoms with van der Waals surface area (Å²) in [5, 5.41) is 4.75. The number of amides is 1. The normalized spacial score (nSPS) is 11.0. The van der Waals surface area contributed by atoms with Crippen LogP contribution < -0.4 is 10.9 Å². The van der Waals surface area contributed by atoms with Crippen LogP contribution >= 0.6 is 23.1 Å². The Bertz CT molecular complexity index is 1270. The molecule has 2 aromatic carbocycles. The molecule has 152 valence electrons. The fourth-order valence-corrected chi connectivity index (χ4v) is 4.41. The Labute approximate surface area is 178 Å². The minimum absolute atomic E-state index is 0.00820. The van der Waals surface area contributed by atoms with Gasteiger partial charge in [-0.3, -0.25) is 14.2 Å². The first-order valence-corrected chi connectivity index (χ1v) is 10.8. The smallest absolute Gasteiger partial charge is 0.272 e. The van der Waals surface area contributed by atoms with Crippen LogP contribution in [0.3, 0.4) is 0 Å². The van der Waals surface area contributed by atoms with Gasteiger partial charge >= 0.3 is 0 Å². The molecule has 0 aliphatic carbocycles. The minimum atomic E-state index is -0.416. The summed E-state index contributed by atoms with van der Waals surface area (Å²) in [7, 11) is 0. The van der Waals surface area contributed by atoms with Gasteiger partial charge in [0.05, 0.1) is 17.8 Å². The number of thiophene rings is 1. The van der Waals surface area contributed by atoms with Gasteiger partial charge in [-0.1, -0.05) is 30.0 Å². The second-order valence-electron chi connectivity index (χ2n) is 6.36. The first-order chi connectivity index (χ1) is 14.5.